The lowest BCUT2D eigenvalue weighted by Crippen LogP contribution is -2.32. The van der Waals surface area contributed by atoms with Gasteiger partial charge in [-0.25, -0.2) is 9.78 Å². The van der Waals surface area contributed by atoms with Crippen LogP contribution in [0.5, 0.6) is 5.75 Å². The zero-order valence-electron chi connectivity index (χ0n) is 12.0. The summed E-state index contributed by atoms with van der Waals surface area (Å²) >= 11 is 0. The van der Waals surface area contributed by atoms with Gasteiger partial charge in [-0.05, 0) is 36.2 Å². The molecule has 1 aromatic carbocycles. The molecule has 0 atom stereocenters. The van der Waals surface area contributed by atoms with Crippen molar-refractivity contribution in [1.82, 2.24) is 10.3 Å². The molecule has 0 radical (unpaired) electrons. The van der Waals surface area contributed by atoms with E-state index >= 15 is 0 Å². The number of pyridine rings is 1. The number of benzene rings is 1. The number of carbonyl (C=O) groups is 1. The Labute approximate surface area is 124 Å². The SMILES string of the molecule is CCCc1ccc(OCNC(=O)Nc2ccccn2)cc1. The molecular formula is C16H19N3O2. The Morgan fingerprint density at radius 2 is 2.00 bits per heavy atom. The van der Waals surface area contributed by atoms with Gasteiger partial charge >= 0.3 is 6.03 Å². The molecule has 21 heavy (non-hydrogen) atoms. The maximum absolute atomic E-state index is 11.6. The lowest BCUT2D eigenvalue weighted by atomic mass is 10.1. The second-order valence-corrected chi connectivity index (χ2v) is 4.53. The van der Waals surface area contributed by atoms with Gasteiger partial charge in [0.05, 0.1) is 0 Å². The fourth-order valence-electron chi connectivity index (χ4n) is 1.82. The van der Waals surface area contributed by atoms with Crippen LogP contribution in [0.25, 0.3) is 0 Å². The van der Waals surface area contributed by atoms with E-state index < -0.39 is 0 Å². The van der Waals surface area contributed by atoms with Gasteiger partial charge in [0.1, 0.15) is 11.6 Å². The Kier molecular flexibility index (Phi) is 5.58. The zero-order chi connectivity index (χ0) is 14.9. The van der Waals surface area contributed by atoms with E-state index in [-0.39, 0.29) is 12.8 Å². The van der Waals surface area contributed by atoms with Crippen LogP contribution in [0.15, 0.2) is 48.7 Å². The molecule has 0 saturated heterocycles. The molecule has 1 heterocycles. The molecule has 5 heteroatoms. The van der Waals surface area contributed by atoms with E-state index in [4.69, 9.17) is 4.74 Å². The quantitative estimate of drug-likeness (QED) is 0.801. The number of ether oxygens (including phenoxy) is 1. The molecular weight excluding hydrogens is 266 g/mol. The molecule has 2 aromatic rings. The summed E-state index contributed by atoms with van der Waals surface area (Å²) in [6, 6.07) is 12.8. The van der Waals surface area contributed by atoms with Crippen LogP contribution in [0, 0.1) is 0 Å². The minimum absolute atomic E-state index is 0.103. The van der Waals surface area contributed by atoms with E-state index in [1.165, 1.54) is 5.56 Å². The van der Waals surface area contributed by atoms with E-state index in [1.807, 2.05) is 24.3 Å². The Hall–Kier alpha value is -2.56. The molecule has 0 bridgehead atoms. The molecule has 0 unspecified atom stereocenters. The molecule has 2 rings (SSSR count). The Bertz CT molecular complexity index is 555. The monoisotopic (exact) mass is 285 g/mol. The van der Waals surface area contributed by atoms with Crippen LogP contribution in [-0.2, 0) is 6.42 Å². The second-order valence-electron chi connectivity index (χ2n) is 4.53. The highest BCUT2D eigenvalue weighted by molar-refractivity contribution is 5.87. The Morgan fingerprint density at radius 3 is 2.67 bits per heavy atom. The number of urea groups is 1. The van der Waals surface area contributed by atoms with Gasteiger partial charge in [0.15, 0.2) is 6.73 Å². The van der Waals surface area contributed by atoms with Gasteiger partial charge in [-0.2, -0.15) is 0 Å². The molecule has 0 aliphatic rings. The lowest BCUT2D eigenvalue weighted by Gasteiger charge is -2.09. The Morgan fingerprint density at radius 1 is 1.19 bits per heavy atom. The number of anilines is 1. The van der Waals surface area contributed by atoms with Crippen LogP contribution in [0.4, 0.5) is 10.6 Å². The smallest absolute Gasteiger partial charge is 0.323 e. The first-order chi connectivity index (χ1) is 10.3. The van der Waals surface area contributed by atoms with Crippen molar-refractivity contribution in [2.45, 2.75) is 19.8 Å². The van der Waals surface area contributed by atoms with Crippen molar-refractivity contribution in [1.29, 1.82) is 0 Å². The first-order valence-electron chi connectivity index (χ1n) is 6.95. The molecule has 1 aromatic heterocycles. The van der Waals surface area contributed by atoms with Gasteiger partial charge < -0.3 is 10.1 Å². The van der Waals surface area contributed by atoms with Crippen LogP contribution in [-0.4, -0.2) is 17.7 Å². The Balaban J connectivity index is 1.72. The number of aryl methyl sites for hydroxylation is 1. The lowest BCUT2D eigenvalue weighted by molar-refractivity contribution is 0.234. The summed E-state index contributed by atoms with van der Waals surface area (Å²) in [5.41, 5.74) is 1.28. The number of nitrogens with zero attached hydrogens (tertiary/aromatic N) is 1. The summed E-state index contributed by atoms with van der Waals surface area (Å²) in [7, 11) is 0. The molecule has 5 nitrogen and oxygen atoms in total. The largest absolute Gasteiger partial charge is 0.473 e. The van der Waals surface area contributed by atoms with Crippen LogP contribution < -0.4 is 15.4 Å². The highest BCUT2D eigenvalue weighted by Crippen LogP contribution is 2.12. The highest BCUT2D eigenvalue weighted by Gasteiger charge is 2.01. The third kappa shape index (κ3) is 5.14. The van der Waals surface area contributed by atoms with Gasteiger partial charge in [0, 0.05) is 6.20 Å². The van der Waals surface area contributed by atoms with Crippen molar-refractivity contribution in [3.05, 3.63) is 54.2 Å². The third-order valence-corrected chi connectivity index (χ3v) is 2.84. The number of amides is 2. The first-order valence-corrected chi connectivity index (χ1v) is 6.95. The fraction of sp³-hybridized carbons (Fsp3) is 0.250. The van der Waals surface area contributed by atoms with Crippen molar-refractivity contribution < 1.29 is 9.53 Å². The summed E-state index contributed by atoms with van der Waals surface area (Å²) in [6.07, 6.45) is 3.80. The van der Waals surface area contributed by atoms with E-state index in [2.05, 4.69) is 22.5 Å². The average molecular weight is 285 g/mol. The normalized spacial score (nSPS) is 9.95. The average Bonchev–Trinajstić information content (AvgIpc) is 2.50. The van der Waals surface area contributed by atoms with Crippen LogP contribution >= 0.6 is 0 Å². The van der Waals surface area contributed by atoms with Crippen molar-refractivity contribution in [3.8, 4) is 5.75 Å². The van der Waals surface area contributed by atoms with Crippen LogP contribution in [0.1, 0.15) is 18.9 Å². The fourth-order valence-corrected chi connectivity index (χ4v) is 1.82. The first kappa shape index (κ1) is 14.8. The number of rotatable bonds is 6. The number of hydrogen-bond acceptors (Lipinski definition) is 3. The minimum Gasteiger partial charge on any atom is -0.473 e. The molecule has 0 spiro atoms. The summed E-state index contributed by atoms with van der Waals surface area (Å²) in [4.78, 5) is 15.6. The second kappa shape index (κ2) is 7.89. The number of nitrogens with one attached hydrogen (secondary N) is 2. The summed E-state index contributed by atoms with van der Waals surface area (Å²) in [5.74, 6) is 1.23. The van der Waals surface area contributed by atoms with Crippen molar-refractivity contribution >= 4 is 11.8 Å². The molecule has 0 saturated carbocycles. The van der Waals surface area contributed by atoms with Gasteiger partial charge in [-0.3, -0.25) is 5.32 Å². The van der Waals surface area contributed by atoms with Crippen LogP contribution in [0.3, 0.4) is 0 Å². The van der Waals surface area contributed by atoms with Gasteiger partial charge in [-0.1, -0.05) is 31.5 Å². The number of aromatic nitrogens is 1. The zero-order valence-corrected chi connectivity index (χ0v) is 12.0. The van der Waals surface area contributed by atoms with E-state index in [1.54, 1.807) is 24.4 Å². The van der Waals surface area contributed by atoms with Crippen LogP contribution in [0.2, 0.25) is 0 Å². The minimum atomic E-state index is -0.351. The van der Waals surface area contributed by atoms with Crippen molar-refractivity contribution in [2.24, 2.45) is 0 Å². The maximum atomic E-state index is 11.6. The van der Waals surface area contributed by atoms with E-state index in [0.717, 1.165) is 18.6 Å². The third-order valence-electron chi connectivity index (χ3n) is 2.84. The molecule has 2 N–H and O–H groups in total. The highest BCUT2D eigenvalue weighted by atomic mass is 16.5. The van der Waals surface area contributed by atoms with Gasteiger partial charge in [0.25, 0.3) is 0 Å². The summed E-state index contributed by atoms with van der Waals surface area (Å²) < 4.78 is 5.46. The van der Waals surface area contributed by atoms with E-state index in [9.17, 15) is 4.79 Å². The maximum Gasteiger partial charge on any atom is 0.323 e. The molecule has 2 amide bonds. The number of hydrogen-bond donors (Lipinski definition) is 2. The predicted molar refractivity (Wildman–Crippen MR) is 82.3 cm³/mol. The predicted octanol–water partition coefficient (Wildman–Crippen LogP) is 3.19. The number of carbonyl (C=O) groups excluding carboxylic acids is 1. The molecule has 0 aliphatic carbocycles. The van der Waals surface area contributed by atoms with E-state index in [0.29, 0.717) is 5.82 Å². The summed E-state index contributed by atoms with van der Waals surface area (Å²) in [6.45, 7) is 2.25. The molecule has 0 aliphatic heterocycles. The van der Waals surface area contributed by atoms with Gasteiger partial charge in [0.2, 0.25) is 0 Å². The molecule has 0 fully saturated rings. The topological polar surface area (TPSA) is 63.2 Å². The molecule has 110 valence electrons. The van der Waals surface area contributed by atoms with Gasteiger partial charge in [-0.15, -0.1) is 0 Å². The van der Waals surface area contributed by atoms with Crippen molar-refractivity contribution in [2.75, 3.05) is 12.0 Å². The summed E-state index contributed by atoms with van der Waals surface area (Å²) in [5, 5.41) is 5.22. The van der Waals surface area contributed by atoms with Crippen molar-refractivity contribution in [3.63, 3.8) is 0 Å². The standard InChI is InChI=1S/C16H19N3O2/c1-2-5-13-7-9-14(10-8-13)21-12-18-16(20)19-15-6-3-4-11-17-15/h3-4,6-11H,2,5,12H2,1H3,(H2,17,18,19,20).